The van der Waals surface area contributed by atoms with Crippen LogP contribution in [0.2, 0.25) is 5.02 Å². The van der Waals surface area contributed by atoms with Gasteiger partial charge in [0.05, 0.1) is 17.4 Å². The molecule has 3 aromatic rings. The Morgan fingerprint density at radius 1 is 1.21 bits per heavy atom. The maximum absolute atomic E-state index is 13.3. The Balaban J connectivity index is 1.79. The van der Waals surface area contributed by atoms with Gasteiger partial charge in [0.25, 0.3) is 5.56 Å². The summed E-state index contributed by atoms with van der Waals surface area (Å²) in [4.78, 5) is 19.1. The first-order chi connectivity index (χ1) is 11.4. The van der Waals surface area contributed by atoms with Gasteiger partial charge >= 0.3 is 0 Å². The fourth-order valence-electron chi connectivity index (χ4n) is 2.39. The second-order valence-corrected chi connectivity index (χ2v) is 5.89. The number of aromatic amines is 1. The summed E-state index contributed by atoms with van der Waals surface area (Å²) in [5, 5.41) is 4.06. The Hall–Kier alpha value is -2.31. The lowest BCUT2D eigenvalue weighted by Gasteiger charge is -2.14. The van der Waals surface area contributed by atoms with Crippen molar-refractivity contribution in [2.75, 3.05) is 0 Å². The van der Waals surface area contributed by atoms with Gasteiger partial charge < -0.3 is 10.3 Å². The minimum absolute atomic E-state index is 0.250. The van der Waals surface area contributed by atoms with E-state index in [2.05, 4.69) is 15.3 Å². The maximum atomic E-state index is 13.3. The van der Waals surface area contributed by atoms with Gasteiger partial charge in [0.1, 0.15) is 5.82 Å². The van der Waals surface area contributed by atoms with E-state index in [9.17, 15) is 13.6 Å². The lowest BCUT2D eigenvalue weighted by Crippen LogP contribution is -2.22. The summed E-state index contributed by atoms with van der Waals surface area (Å²) in [6.07, 6.45) is 0. The Labute approximate surface area is 141 Å². The molecule has 3 rings (SSSR count). The summed E-state index contributed by atoms with van der Waals surface area (Å²) in [5.74, 6) is -1.35. The summed E-state index contributed by atoms with van der Waals surface area (Å²) in [6.45, 7) is 2.07. The third-order valence-corrected chi connectivity index (χ3v) is 3.97. The van der Waals surface area contributed by atoms with Crippen LogP contribution in [-0.4, -0.2) is 9.97 Å². The van der Waals surface area contributed by atoms with Gasteiger partial charge in [0.2, 0.25) is 0 Å². The van der Waals surface area contributed by atoms with Crippen molar-refractivity contribution < 1.29 is 8.78 Å². The molecule has 0 radical (unpaired) electrons. The Bertz CT molecular complexity index is 958. The smallest absolute Gasteiger partial charge is 0.258 e. The molecule has 0 unspecified atom stereocenters. The number of nitrogens with one attached hydrogen (secondary N) is 2. The first kappa shape index (κ1) is 16.5. The highest BCUT2D eigenvalue weighted by Gasteiger charge is 2.10. The molecule has 1 heterocycles. The highest BCUT2D eigenvalue weighted by Crippen LogP contribution is 2.17. The van der Waals surface area contributed by atoms with E-state index >= 15 is 0 Å². The van der Waals surface area contributed by atoms with Crippen molar-refractivity contribution in [3.8, 4) is 0 Å². The zero-order valence-electron chi connectivity index (χ0n) is 12.7. The minimum Gasteiger partial charge on any atom is -0.309 e. The number of rotatable bonds is 4. The summed E-state index contributed by atoms with van der Waals surface area (Å²) in [7, 11) is 0. The van der Waals surface area contributed by atoms with Crippen molar-refractivity contribution in [3.63, 3.8) is 0 Å². The topological polar surface area (TPSA) is 57.8 Å². The Morgan fingerprint density at radius 3 is 2.75 bits per heavy atom. The molecule has 1 atom stereocenters. The molecule has 0 fully saturated rings. The monoisotopic (exact) mass is 349 g/mol. The van der Waals surface area contributed by atoms with Crippen molar-refractivity contribution in [2.45, 2.75) is 19.5 Å². The van der Waals surface area contributed by atoms with Crippen LogP contribution in [0.5, 0.6) is 0 Å². The van der Waals surface area contributed by atoms with Crippen LogP contribution in [0.15, 0.2) is 41.2 Å². The van der Waals surface area contributed by atoms with Crippen molar-refractivity contribution in [1.82, 2.24) is 15.3 Å². The van der Waals surface area contributed by atoms with E-state index in [0.29, 0.717) is 27.3 Å². The number of aromatic nitrogens is 2. The summed E-state index contributed by atoms with van der Waals surface area (Å²) in [5.41, 5.74) is 0.845. The highest BCUT2D eigenvalue weighted by atomic mass is 35.5. The van der Waals surface area contributed by atoms with E-state index in [1.165, 1.54) is 6.07 Å². The van der Waals surface area contributed by atoms with Gasteiger partial charge in [0, 0.05) is 11.1 Å². The number of hydrogen-bond donors (Lipinski definition) is 2. The fraction of sp³-hybridized carbons (Fsp3) is 0.176. The zero-order valence-corrected chi connectivity index (χ0v) is 13.5. The number of benzene rings is 2. The number of hydrogen-bond acceptors (Lipinski definition) is 3. The summed E-state index contributed by atoms with van der Waals surface area (Å²) >= 11 is 5.92. The van der Waals surface area contributed by atoms with Crippen LogP contribution in [0.25, 0.3) is 10.9 Å². The third-order valence-electron chi connectivity index (χ3n) is 3.74. The molecule has 7 heteroatoms. The van der Waals surface area contributed by atoms with Gasteiger partial charge in [-0.15, -0.1) is 0 Å². The van der Waals surface area contributed by atoms with Crippen molar-refractivity contribution in [1.29, 1.82) is 0 Å². The van der Waals surface area contributed by atoms with E-state index < -0.39 is 11.6 Å². The first-order valence-corrected chi connectivity index (χ1v) is 7.68. The maximum Gasteiger partial charge on any atom is 0.258 e. The molecule has 0 saturated carbocycles. The normalized spacial score (nSPS) is 12.5. The Kier molecular flexibility index (Phi) is 4.59. The molecule has 1 aromatic heterocycles. The number of H-pyrrole nitrogens is 1. The first-order valence-electron chi connectivity index (χ1n) is 7.31. The molecule has 0 aliphatic carbocycles. The largest absolute Gasteiger partial charge is 0.309 e. The number of halogens is 3. The van der Waals surface area contributed by atoms with Crippen LogP contribution < -0.4 is 10.9 Å². The molecular formula is C17H14ClF2N3O. The molecule has 0 bridgehead atoms. The van der Waals surface area contributed by atoms with E-state index in [-0.39, 0.29) is 18.1 Å². The second kappa shape index (κ2) is 6.67. The lowest BCUT2D eigenvalue weighted by molar-refractivity contribution is 0.499. The van der Waals surface area contributed by atoms with E-state index in [4.69, 9.17) is 11.6 Å². The molecule has 0 amide bonds. The summed E-state index contributed by atoms with van der Waals surface area (Å²) in [6, 6.07) is 8.35. The lowest BCUT2D eigenvalue weighted by atomic mass is 10.1. The Morgan fingerprint density at radius 2 is 2.00 bits per heavy atom. The number of fused-ring (bicyclic) bond motifs is 1. The second-order valence-electron chi connectivity index (χ2n) is 5.45. The average Bonchev–Trinajstić information content (AvgIpc) is 2.54. The van der Waals surface area contributed by atoms with Crippen molar-refractivity contribution >= 4 is 22.5 Å². The van der Waals surface area contributed by atoms with Crippen LogP contribution >= 0.6 is 11.6 Å². The van der Waals surface area contributed by atoms with Gasteiger partial charge in [-0.2, -0.15) is 0 Å². The van der Waals surface area contributed by atoms with Crippen LogP contribution in [0.1, 0.15) is 24.4 Å². The molecule has 0 aliphatic heterocycles. The molecule has 0 aliphatic rings. The van der Waals surface area contributed by atoms with Gasteiger partial charge in [-0.25, -0.2) is 13.8 Å². The molecule has 124 valence electrons. The molecule has 24 heavy (non-hydrogen) atoms. The molecule has 2 aromatic carbocycles. The van der Waals surface area contributed by atoms with E-state index in [0.717, 1.165) is 12.1 Å². The van der Waals surface area contributed by atoms with Gasteiger partial charge in [-0.3, -0.25) is 4.79 Å². The predicted octanol–water partition coefficient (Wildman–Crippen LogP) is 3.71. The van der Waals surface area contributed by atoms with Crippen LogP contribution in [0.3, 0.4) is 0 Å². The van der Waals surface area contributed by atoms with Gasteiger partial charge in [0.15, 0.2) is 11.6 Å². The average molecular weight is 350 g/mol. The van der Waals surface area contributed by atoms with Gasteiger partial charge in [-0.05, 0) is 42.8 Å². The fourth-order valence-corrected chi connectivity index (χ4v) is 2.56. The molecule has 2 N–H and O–H groups in total. The third kappa shape index (κ3) is 3.44. The SMILES string of the molecule is C[C@H](NCc1nc2cc(Cl)ccc2c(=O)[nH]1)c1ccc(F)c(F)c1. The summed E-state index contributed by atoms with van der Waals surface area (Å²) < 4.78 is 26.3. The molecule has 4 nitrogen and oxygen atoms in total. The van der Waals surface area contributed by atoms with Crippen LogP contribution in [-0.2, 0) is 6.54 Å². The standard InChI is InChI=1S/C17H14ClF2N3O/c1-9(10-2-5-13(19)14(20)6-10)21-8-16-22-15-7-11(18)3-4-12(15)17(24)23-16/h2-7,9,21H,8H2,1H3,(H,22,23,24)/t9-/m0/s1. The minimum atomic E-state index is -0.895. The quantitative estimate of drug-likeness (QED) is 0.755. The van der Waals surface area contributed by atoms with Crippen molar-refractivity contribution in [3.05, 3.63) is 74.8 Å². The van der Waals surface area contributed by atoms with Crippen LogP contribution in [0, 0.1) is 11.6 Å². The zero-order chi connectivity index (χ0) is 17.3. The van der Waals surface area contributed by atoms with Crippen LogP contribution in [0.4, 0.5) is 8.78 Å². The molecular weight excluding hydrogens is 336 g/mol. The van der Waals surface area contributed by atoms with E-state index in [1.807, 2.05) is 6.92 Å². The van der Waals surface area contributed by atoms with Crippen molar-refractivity contribution in [2.24, 2.45) is 0 Å². The highest BCUT2D eigenvalue weighted by molar-refractivity contribution is 6.31. The molecule has 0 saturated heterocycles. The molecule has 0 spiro atoms. The number of nitrogens with zero attached hydrogens (tertiary/aromatic N) is 1. The van der Waals surface area contributed by atoms with Gasteiger partial charge in [-0.1, -0.05) is 17.7 Å². The van der Waals surface area contributed by atoms with E-state index in [1.54, 1.807) is 18.2 Å². The predicted molar refractivity (Wildman–Crippen MR) is 89.0 cm³/mol.